The van der Waals surface area contributed by atoms with Crippen molar-refractivity contribution in [2.75, 3.05) is 11.4 Å². The van der Waals surface area contributed by atoms with Crippen LogP contribution < -0.4 is 9.62 Å². The van der Waals surface area contributed by atoms with E-state index in [1.807, 2.05) is 6.92 Å². The zero-order valence-electron chi connectivity index (χ0n) is 14.4. The average Bonchev–Trinajstić information content (AvgIpc) is 2.60. The Morgan fingerprint density at radius 1 is 1.27 bits per heavy atom. The molecule has 0 saturated carbocycles. The molecule has 3 rings (SSSR count). The van der Waals surface area contributed by atoms with Crippen molar-refractivity contribution in [1.29, 1.82) is 0 Å². The molecule has 26 heavy (non-hydrogen) atoms. The average molecular weight is 411 g/mol. The molecule has 0 aliphatic carbocycles. The summed E-state index contributed by atoms with van der Waals surface area (Å²) >= 11 is 7.48. The fourth-order valence-electron chi connectivity index (χ4n) is 2.75. The molecule has 0 radical (unpaired) electrons. The number of benzene rings is 2. The first-order valence-corrected chi connectivity index (χ1v) is 10.8. The summed E-state index contributed by atoms with van der Waals surface area (Å²) in [5.41, 5.74) is 1.46. The Labute approximate surface area is 162 Å². The van der Waals surface area contributed by atoms with Gasteiger partial charge in [0, 0.05) is 35.2 Å². The number of carbonyl (C=O) groups excluding carboxylic acids is 1. The third kappa shape index (κ3) is 4.23. The number of halogens is 1. The quantitative estimate of drug-likeness (QED) is 0.835. The third-order valence-electron chi connectivity index (χ3n) is 4.06. The highest BCUT2D eigenvalue weighted by molar-refractivity contribution is 8.00. The minimum atomic E-state index is -3.69. The van der Waals surface area contributed by atoms with Crippen LogP contribution in [0, 0.1) is 0 Å². The van der Waals surface area contributed by atoms with Crippen molar-refractivity contribution in [3.05, 3.63) is 53.1 Å². The van der Waals surface area contributed by atoms with E-state index < -0.39 is 10.0 Å². The number of anilines is 1. The zero-order valence-corrected chi connectivity index (χ0v) is 16.8. The standard InChI is InChI=1S/C18H19ClN2O3S2/c1-12-11-21(13(2)22)17-9-16(7-8-18(17)25-12)26(23,24)20-10-14-3-5-15(19)6-4-14/h3-9,12,20H,10-11H2,1-2H3/t12-/m0/s1. The number of carbonyl (C=O) groups is 1. The molecule has 0 fully saturated rings. The second-order valence-electron chi connectivity index (χ2n) is 6.14. The number of amides is 1. The number of nitrogens with one attached hydrogen (secondary N) is 1. The lowest BCUT2D eigenvalue weighted by atomic mass is 10.2. The fraction of sp³-hybridized carbons (Fsp3) is 0.278. The van der Waals surface area contributed by atoms with Gasteiger partial charge in [0.2, 0.25) is 15.9 Å². The van der Waals surface area contributed by atoms with E-state index in [1.54, 1.807) is 59.1 Å². The van der Waals surface area contributed by atoms with Crippen molar-refractivity contribution in [2.24, 2.45) is 0 Å². The molecule has 0 aromatic heterocycles. The van der Waals surface area contributed by atoms with E-state index in [1.165, 1.54) is 6.92 Å². The van der Waals surface area contributed by atoms with Crippen LogP contribution in [0.25, 0.3) is 0 Å². The molecule has 1 heterocycles. The predicted octanol–water partition coefficient (Wildman–Crippen LogP) is 3.67. The van der Waals surface area contributed by atoms with Crippen molar-refractivity contribution in [2.45, 2.75) is 35.4 Å². The minimum absolute atomic E-state index is 0.0953. The molecule has 1 aliphatic rings. The second-order valence-corrected chi connectivity index (χ2v) is 9.82. The Balaban J connectivity index is 1.85. The Morgan fingerprint density at radius 2 is 1.96 bits per heavy atom. The molecule has 0 bridgehead atoms. The van der Waals surface area contributed by atoms with Gasteiger partial charge < -0.3 is 4.90 Å². The van der Waals surface area contributed by atoms with E-state index >= 15 is 0 Å². The second kappa shape index (κ2) is 7.60. The number of hydrogen-bond acceptors (Lipinski definition) is 4. The van der Waals surface area contributed by atoms with Crippen LogP contribution in [0.3, 0.4) is 0 Å². The van der Waals surface area contributed by atoms with Crippen LogP contribution >= 0.6 is 23.4 Å². The van der Waals surface area contributed by atoms with Gasteiger partial charge in [-0.25, -0.2) is 13.1 Å². The zero-order chi connectivity index (χ0) is 18.9. The van der Waals surface area contributed by atoms with Crippen LogP contribution in [0.5, 0.6) is 0 Å². The van der Waals surface area contributed by atoms with Gasteiger partial charge in [0.25, 0.3) is 0 Å². The van der Waals surface area contributed by atoms with Gasteiger partial charge in [0.1, 0.15) is 0 Å². The molecular weight excluding hydrogens is 392 g/mol. The lowest BCUT2D eigenvalue weighted by Gasteiger charge is -2.32. The highest BCUT2D eigenvalue weighted by Gasteiger charge is 2.27. The number of fused-ring (bicyclic) bond motifs is 1. The van der Waals surface area contributed by atoms with E-state index in [4.69, 9.17) is 11.6 Å². The molecule has 1 aliphatic heterocycles. The molecule has 138 valence electrons. The summed E-state index contributed by atoms with van der Waals surface area (Å²) in [7, 11) is -3.69. The van der Waals surface area contributed by atoms with Crippen LogP contribution in [0.2, 0.25) is 5.02 Å². The highest BCUT2D eigenvalue weighted by atomic mass is 35.5. The Morgan fingerprint density at radius 3 is 2.62 bits per heavy atom. The van der Waals surface area contributed by atoms with Crippen LogP contribution in [0.15, 0.2) is 52.3 Å². The normalized spacial score (nSPS) is 17.0. The molecule has 5 nitrogen and oxygen atoms in total. The van der Waals surface area contributed by atoms with Gasteiger partial charge >= 0.3 is 0 Å². The van der Waals surface area contributed by atoms with E-state index in [0.717, 1.165) is 10.5 Å². The number of nitrogens with zero attached hydrogens (tertiary/aromatic N) is 1. The maximum Gasteiger partial charge on any atom is 0.240 e. The van der Waals surface area contributed by atoms with Gasteiger partial charge in [0.05, 0.1) is 10.6 Å². The first-order valence-electron chi connectivity index (χ1n) is 8.09. The van der Waals surface area contributed by atoms with Crippen molar-refractivity contribution in [3.63, 3.8) is 0 Å². The summed E-state index contributed by atoms with van der Waals surface area (Å²) in [4.78, 5) is 14.6. The van der Waals surface area contributed by atoms with Crippen molar-refractivity contribution >= 4 is 45.0 Å². The topological polar surface area (TPSA) is 66.5 Å². The maximum atomic E-state index is 12.7. The van der Waals surface area contributed by atoms with Gasteiger partial charge in [-0.3, -0.25) is 4.79 Å². The lowest BCUT2D eigenvalue weighted by Crippen LogP contribution is -2.37. The molecule has 2 aromatic carbocycles. The van der Waals surface area contributed by atoms with Gasteiger partial charge in [-0.15, -0.1) is 11.8 Å². The summed E-state index contributed by atoms with van der Waals surface area (Å²) in [6.45, 7) is 4.27. The summed E-state index contributed by atoms with van der Waals surface area (Å²) in [6.07, 6.45) is 0. The number of thioether (sulfide) groups is 1. The summed E-state index contributed by atoms with van der Waals surface area (Å²) in [5, 5.41) is 0.860. The van der Waals surface area contributed by atoms with Gasteiger partial charge in [-0.1, -0.05) is 30.7 Å². The van der Waals surface area contributed by atoms with Gasteiger partial charge in [-0.05, 0) is 35.9 Å². The van der Waals surface area contributed by atoms with E-state index in [2.05, 4.69) is 4.72 Å². The smallest absolute Gasteiger partial charge is 0.240 e. The van der Waals surface area contributed by atoms with Crippen LogP contribution in [-0.2, 0) is 21.4 Å². The first kappa shape index (κ1) is 19.2. The van der Waals surface area contributed by atoms with Crippen LogP contribution in [0.4, 0.5) is 5.69 Å². The molecule has 2 aromatic rings. The molecule has 1 amide bonds. The van der Waals surface area contributed by atoms with Crippen LogP contribution in [-0.4, -0.2) is 26.1 Å². The summed E-state index contributed by atoms with van der Waals surface area (Å²) < 4.78 is 27.9. The Kier molecular flexibility index (Phi) is 5.62. The van der Waals surface area contributed by atoms with Gasteiger partial charge in [0.15, 0.2) is 0 Å². The van der Waals surface area contributed by atoms with E-state index in [-0.39, 0.29) is 22.6 Å². The van der Waals surface area contributed by atoms with Crippen molar-refractivity contribution in [1.82, 2.24) is 4.72 Å². The number of hydrogen-bond donors (Lipinski definition) is 1. The van der Waals surface area contributed by atoms with Gasteiger partial charge in [-0.2, -0.15) is 0 Å². The molecule has 1 atom stereocenters. The SMILES string of the molecule is CC(=O)N1C[C@H](C)Sc2ccc(S(=O)(=O)NCc3ccc(Cl)cc3)cc21. The van der Waals surface area contributed by atoms with Crippen molar-refractivity contribution < 1.29 is 13.2 Å². The molecule has 0 unspecified atom stereocenters. The number of rotatable bonds is 4. The molecule has 1 N–H and O–H groups in total. The fourth-order valence-corrected chi connectivity index (χ4v) is 5.00. The largest absolute Gasteiger partial charge is 0.310 e. The van der Waals surface area contributed by atoms with Crippen molar-refractivity contribution in [3.8, 4) is 0 Å². The Bertz CT molecular complexity index is 930. The first-order chi connectivity index (χ1) is 12.3. The molecule has 0 saturated heterocycles. The molecular formula is C18H19ClN2O3S2. The maximum absolute atomic E-state index is 12.7. The third-order valence-corrected chi connectivity index (χ3v) is 6.86. The predicted molar refractivity (Wildman–Crippen MR) is 105 cm³/mol. The molecule has 8 heteroatoms. The summed E-state index contributed by atoms with van der Waals surface area (Å²) in [6, 6.07) is 11.9. The van der Waals surface area contributed by atoms with E-state index in [0.29, 0.717) is 17.3 Å². The number of sulfonamides is 1. The molecule has 0 spiro atoms. The summed E-state index contributed by atoms with van der Waals surface area (Å²) in [5.74, 6) is -0.0953. The highest BCUT2D eigenvalue weighted by Crippen LogP contribution is 2.39. The Hall–Kier alpha value is -1.54. The minimum Gasteiger partial charge on any atom is -0.310 e. The van der Waals surface area contributed by atoms with E-state index in [9.17, 15) is 13.2 Å². The van der Waals surface area contributed by atoms with Crippen LogP contribution in [0.1, 0.15) is 19.4 Å². The lowest BCUT2D eigenvalue weighted by molar-refractivity contribution is -0.116. The monoisotopic (exact) mass is 410 g/mol.